The number of benzene rings is 3. The highest BCUT2D eigenvalue weighted by atomic mass is 28.4. The van der Waals surface area contributed by atoms with Crippen molar-refractivity contribution < 1.29 is 14.3 Å². The summed E-state index contributed by atoms with van der Waals surface area (Å²) in [5.74, 6) is 1.62. The average Bonchev–Trinajstić information content (AvgIpc) is 3.07. The predicted octanol–water partition coefficient (Wildman–Crippen LogP) is 11.7. The highest BCUT2D eigenvalue weighted by molar-refractivity contribution is 6.71. The molecule has 3 rings (SSSR count). The van der Waals surface area contributed by atoms with Crippen LogP contribution >= 0.6 is 0 Å². The molecule has 4 atom stereocenters. The molecule has 0 heterocycles. The van der Waals surface area contributed by atoms with E-state index in [1.54, 1.807) is 0 Å². The molecule has 0 amide bonds. The smallest absolute Gasteiger partial charge is 0.190 e. The van der Waals surface area contributed by atoms with Gasteiger partial charge in [-0.1, -0.05) is 156 Å². The molecular weight excluding hydrogens is 593 g/mol. The summed E-state index contributed by atoms with van der Waals surface area (Å²) in [6.07, 6.45) is 17.4. The van der Waals surface area contributed by atoms with Crippen molar-refractivity contribution in [2.75, 3.05) is 6.61 Å². The largest absolute Gasteiger partial charge is 0.393 e. The molecule has 4 heteroatoms. The zero-order chi connectivity index (χ0) is 34.0. The van der Waals surface area contributed by atoms with Crippen molar-refractivity contribution in [3.8, 4) is 0 Å². The highest BCUT2D eigenvalue weighted by Gasteiger charge is 2.37. The minimum absolute atomic E-state index is 0.493. The molecule has 47 heavy (non-hydrogen) atoms. The first-order chi connectivity index (χ1) is 22.7. The van der Waals surface area contributed by atoms with Crippen LogP contribution < -0.4 is 0 Å². The Kier molecular flexibility index (Phi) is 16.9. The molecule has 3 aromatic carbocycles. The lowest BCUT2D eigenvalue weighted by atomic mass is 9.80. The van der Waals surface area contributed by atoms with Crippen LogP contribution in [0.4, 0.5) is 0 Å². The van der Waals surface area contributed by atoms with Gasteiger partial charge in [0.15, 0.2) is 8.32 Å². The molecule has 0 saturated carbocycles. The third kappa shape index (κ3) is 13.3. The molecule has 3 nitrogen and oxygen atoms in total. The Bertz CT molecular complexity index is 1190. The van der Waals surface area contributed by atoms with Crippen molar-refractivity contribution in [3.05, 3.63) is 132 Å². The van der Waals surface area contributed by atoms with Gasteiger partial charge in [0.05, 0.1) is 6.61 Å². The average molecular weight is 655 g/mol. The van der Waals surface area contributed by atoms with Crippen LogP contribution in [0.25, 0.3) is 0 Å². The van der Waals surface area contributed by atoms with Crippen LogP contribution in [0.5, 0.6) is 0 Å². The van der Waals surface area contributed by atoms with E-state index in [0.717, 1.165) is 54.8 Å². The summed E-state index contributed by atoms with van der Waals surface area (Å²) in [4.78, 5) is 0. The van der Waals surface area contributed by atoms with Gasteiger partial charge in [-0.2, -0.15) is 0 Å². The summed E-state index contributed by atoms with van der Waals surface area (Å²) in [5.41, 5.74) is 2.70. The molecule has 256 valence electrons. The van der Waals surface area contributed by atoms with Gasteiger partial charge in [0.25, 0.3) is 0 Å². The maximum absolute atomic E-state index is 10.4. The SMILES string of the molecule is CCCC[Si](C)(C)OC(O)CCC(C)CC(C)C=CCCCC(C)C=CCOC(c1ccccc1)(c1ccccc1)c1ccccc1. The zero-order valence-electron chi connectivity index (χ0n) is 30.1. The Labute approximate surface area is 288 Å². The van der Waals surface area contributed by atoms with E-state index >= 15 is 0 Å². The topological polar surface area (TPSA) is 38.7 Å². The van der Waals surface area contributed by atoms with Crippen molar-refractivity contribution in [1.82, 2.24) is 0 Å². The van der Waals surface area contributed by atoms with Crippen LogP contribution in [0.2, 0.25) is 19.1 Å². The Morgan fingerprint density at radius 1 is 0.702 bits per heavy atom. The molecule has 0 bridgehead atoms. The third-order valence-corrected chi connectivity index (χ3v) is 11.6. The van der Waals surface area contributed by atoms with Crippen LogP contribution in [-0.2, 0) is 14.8 Å². The Morgan fingerprint density at radius 2 is 1.23 bits per heavy atom. The summed E-state index contributed by atoms with van der Waals surface area (Å²) < 4.78 is 13.0. The summed E-state index contributed by atoms with van der Waals surface area (Å²) in [7, 11) is -1.75. The van der Waals surface area contributed by atoms with Crippen LogP contribution in [0.3, 0.4) is 0 Å². The predicted molar refractivity (Wildman–Crippen MR) is 203 cm³/mol. The summed E-state index contributed by atoms with van der Waals surface area (Å²) in [6, 6.07) is 32.8. The van der Waals surface area contributed by atoms with E-state index in [4.69, 9.17) is 9.16 Å². The van der Waals surface area contributed by atoms with E-state index in [9.17, 15) is 5.11 Å². The minimum Gasteiger partial charge on any atom is -0.393 e. The summed E-state index contributed by atoms with van der Waals surface area (Å²) in [6.45, 7) is 14.1. The number of ether oxygens (including phenoxy) is 1. The number of aliphatic hydroxyl groups excluding tert-OH is 1. The Balaban J connectivity index is 1.44. The van der Waals surface area contributed by atoms with Gasteiger partial charge in [-0.25, -0.2) is 0 Å². The third-order valence-electron chi connectivity index (χ3n) is 9.16. The van der Waals surface area contributed by atoms with Gasteiger partial charge in [0, 0.05) is 0 Å². The molecule has 0 aromatic heterocycles. The van der Waals surface area contributed by atoms with Gasteiger partial charge in [0.2, 0.25) is 0 Å². The van der Waals surface area contributed by atoms with Crippen molar-refractivity contribution in [2.24, 2.45) is 17.8 Å². The lowest BCUT2D eigenvalue weighted by Gasteiger charge is -2.35. The van der Waals surface area contributed by atoms with Crippen LogP contribution in [-0.4, -0.2) is 26.3 Å². The molecule has 0 aliphatic rings. The second-order valence-electron chi connectivity index (χ2n) is 14.2. The lowest BCUT2D eigenvalue weighted by Crippen LogP contribution is -2.35. The van der Waals surface area contributed by atoms with E-state index in [-0.39, 0.29) is 0 Å². The molecule has 0 radical (unpaired) electrons. The maximum atomic E-state index is 10.4. The molecule has 3 aromatic rings. The Hall–Kier alpha value is -2.76. The second kappa shape index (κ2) is 20.6. The number of hydrogen-bond donors (Lipinski definition) is 1. The van der Waals surface area contributed by atoms with E-state index in [0.29, 0.717) is 24.4 Å². The van der Waals surface area contributed by atoms with E-state index < -0.39 is 20.2 Å². The first-order valence-corrected chi connectivity index (χ1v) is 21.3. The normalized spacial score (nSPS) is 15.2. The van der Waals surface area contributed by atoms with Crippen molar-refractivity contribution in [1.29, 1.82) is 0 Å². The molecule has 1 N–H and O–H groups in total. The number of allylic oxidation sites excluding steroid dienone is 3. The van der Waals surface area contributed by atoms with Gasteiger partial charge in [0.1, 0.15) is 11.9 Å². The minimum atomic E-state index is -1.75. The standard InChI is InChI=1S/C43H62O3Si/c1-7-8-34-47(5,6)46-42(44)32-31-38(4)35-37(3)23-14-9-13-22-36(2)24-21-33-45-43(39-25-15-10-16-26-39,40-27-17-11-18-28-40)41-29-19-12-20-30-41/h10-12,14-21,23-30,36-38,42,44H,7-9,13,22,31-35H2,1-6H3. The number of aliphatic hydroxyl groups is 1. The van der Waals surface area contributed by atoms with Gasteiger partial charge in [-0.15, -0.1) is 0 Å². The van der Waals surface area contributed by atoms with Gasteiger partial charge in [-0.3, -0.25) is 0 Å². The van der Waals surface area contributed by atoms with E-state index in [2.05, 4.69) is 156 Å². The first kappa shape index (κ1) is 38.7. The molecule has 0 saturated heterocycles. The van der Waals surface area contributed by atoms with Gasteiger partial charge >= 0.3 is 0 Å². The van der Waals surface area contributed by atoms with Crippen molar-refractivity contribution in [2.45, 2.75) is 110 Å². The molecule has 0 aliphatic carbocycles. The second-order valence-corrected chi connectivity index (χ2v) is 18.4. The molecular formula is C43H62O3Si. The Morgan fingerprint density at radius 3 is 1.77 bits per heavy atom. The van der Waals surface area contributed by atoms with Crippen LogP contribution in [0.1, 0.15) is 95.8 Å². The number of rotatable bonds is 22. The lowest BCUT2D eigenvalue weighted by molar-refractivity contribution is -0.0345. The van der Waals surface area contributed by atoms with Gasteiger partial charge < -0.3 is 14.3 Å². The molecule has 0 fully saturated rings. The quantitative estimate of drug-likeness (QED) is 0.0385. The molecule has 0 spiro atoms. The number of hydrogen-bond acceptors (Lipinski definition) is 3. The fraction of sp³-hybridized carbons (Fsp3) is 0.488. The van der Waals surface area contributed by atoms with Crippen molar-refractivity contribution in [3.63, 3.8) is 0 Å². The van der Waals surface area contributed by atoms with Crippen LogP contribution in [0.15, 0.2) is 115 Å². The first-order valence-electron chi connectivity index (χ1n) is 18.2. The zero-order valence-corrected chi connectivity index (χ0v) is 31.1. The monoisotopic (exact) mass is 654 g/mol. The molecule has 0 aliphatic heterocycles. The van der Waals surface area contributed by atoms with Crippen molar-refractivity contribution >= 4 is 8.32 Å². The highest BCUT2D eigenvalue weighted by Crippen LogP contribution is 2.40. The molecule has 4 unspecified atom stereocenters. The van der Waals surface area contributed by atoms with E-state index in [1.807, 2.05) is 0 Å². The fourth-order valence-electron chi connectivity index (χ4n) is 6.56. The maximum Gasteiger partial charge on any atom is 0.190 e. The van der Waals surface area contributed by atoms with Crippen LogP contribution in [0, 0.1) is 17.8 Å². The van der Waals surface area contributed by atoms with E-state index in [1.165, 1.54) is 19.3 Å². The van der Waals surface area contributed by atoms with Gasteiger partial charge in [-0.05, 0) is 92.1 Å². The summed E-state index contributed by atoms with van der Waals surface area (Å²) in [5, 5.41) is 10.4. The fourth-order valence-corrected chi connectivity index (χ4v) is 8.74. The number of unbranched alkanes of at least 4 members (excludes halogenated alkanes) is 2. The summed E-state index contributed by atoms with van der Waals surface area (Å²) >= 11 is 0.